The summed E-state index contributed by atoms with van der Waals surface area (Å²) < 4.78 is 17.7. The topological polar surface area (TPSA) is 120 Å². The third-order valence-corrected chi connectivity index (χ3v) is 5.04. The Morgan fingerprint density at radius 2 is 1.74 bits per heavy atom. The van der Waals surface area contributed by atoms with Crippen molar-refractivity contribution in [3.05, 3.63) is 53.2 Å². The van der Waals surface area contributed by atoms with Gasteiger partial charge in [-0.15, -0.1) is 0 Å². The van der Waals surface area contributed by atoms with Crippen LogP contribution >= 0.6 is 0 Å². The highest BCUT2D eigenvalue weighted by Gasteiger charge is 2.17. The fraction of sp³-hybridized carbons (Fsp3) is 0.143. The van der Waals surface area contributed by atoms with Crippen molar-refractivity contribution in [2.75, 3.05) is 21.3 Å². The molecule has 0 atom stereocenters. The molecule has 3 aromatic heterocycles. The summed E-state index contributed by atoms with van der Waals surface area (Å²) in [5.74, 6) is 1.47. The number of nitrogens with zero attached hydrogens (tertiary/aromatic N) is 4. The van der Waals surface area contributed by atoms with E-state index >= 15 is 0 Å². The second-order valence-electron chi connectivity index (χ2n) is 6.75. The molecule has 3 heterocycles. The van der Waals surface area contributed by atoms with E-state index in [1.165, 1.54) is 4.57 Å². The summed E-state index contributed by atoms with van der Waals surface area (Å²) in [5.41, 5.74) is 3.14. The monoisotopic (exact) mass is 418 g/mol. The number of benzene rings is 2. The number of methoxy groups -OCH3 is 3. The molecule has 2 aromatic carbocycles. The molecular weight excluding hydrogens is 400 g/mol. The van der Waals surface area contributed by atoms with E-state index in [1.54, 1.807) is 45.9 Å². The number of aromatic nitrogens is 6. The molecule has 0 spiro atoms. The van der Waals surface area contributed by atoms with E-state index in [-0.39, 0.29) is 5.69 Å². The molecule has 10 heteroatoms. The van der Waals surface area contributed by atoms with Crippen LogP contribution in [0.3, 0.4) is 0 Å². The Morgan fingerprint density at radius 1 is 0.968 bits per heavy atom. The van der Waals surface area contributed by atoms with Crippen LogP contribution in [0.25, 0.3) is 39.1 Å². The third kappa shape index (κ3) is 2.96. The first-order chi connectivity index (χ1) is 15.1. The first-order valence-corrected chi connectivity index (χ1v) is 9.34. The van der Waals surface area contributed by atoms with Gasteiger partial charge in [-0.05, 0) is 30.3 Å². The zero-order valence-electron chi connectivity index (χ0n) is 17.0. The number of H-pyrrole nitrogens is 2. The number of nitrogens with one attached hydrogen (secondary N) is 2. The fourth-order valence-electron chi connectivity index (χ4n) is 3.55. The molecule has 10 nitrogen and oxygen atoms in total. The van der Waals surface area contributed by atoms with Crippen molar-refractivity contribution in [2.24, 2.45) is 0 Å². The van der Waals surface area contributed by atoms with Crippen molar-refractivity contribution in [1.82, 2.24) is 29.7 Å². The number of hydrogen-bond donors (Lipinski definition) is 2. The summed E-state index contributed by atoms with van der Waals surface area (Å²) in [4.78, 5) is 24.5. The van der Waals surface area contributed by atoms with E-state index < -0.39 is 0 Å². The van der Waals surface area contributed by atoms with E-state index in [2.05, 4.69) is 20.2 Å². The number of ether oxygens (including phenoxy) is 3. The average Bonchev–Trinajstić information content (AvgIpc) is 3.40. The maximum Gasteiger partial charge on any atom is 0.333 e. The summed E-state index contributed by atoms with van der Waals surface area (Å²) in [5, 5.41) is 7.88. The van der Waals surface area contributed by atoms with E-state index in [1.807, 2.05) is 18.2 Å². The fourth-order valence-corrected chi connectivity index (χ4v) is 3.55. The largest absolute Gasteiger partial charge is 0.493 e. The first kappa shape index (κ1) is 18.7. The minimum absolute atomic E-state index is 0.337. The molecule has 0 aliphatic rings. The van der Waals surface area contributed by atoms with Crippen molar-refractivity contribution in [2.45, 2.75) is 0 Å². The Kier molecular flexibility index (Phi) is 4.32. The summed E-state index contributed by atoms with van der Waals surface area (Å²) >= 11 is 0. The Morgan fingerprint density at radius 3 is 2.45 bits per heavy atom. The van der Waals surface area contributed by atoms with Crippen molar-refractivity contribution in [3.63, 3.8) is 0 Å². The molecule has 0 fully saturated rings. The Labute approximate surface area is 175 Å². The number of imidazole rings is 1. The average molecular weight is 418 g/mol. The lowest BCUT2D eigenvalue weighted by Gasteiger charge is -2.14. The van der Waals surface area contributed by atoms with Gasteiger partial charge in [0.2, 0.25) is 5.75 Å². The Hall–Kier alpha value is -4.34. The molecule has 5 rings (SSSR count). The Balaban J connectivity index is 1.71. The molecule has 0 amide bonds. The van der Waals surface area contributed by atoms with Crippen LogP contribution in [0.4, 0.5) is 0 Å². The van der Waals surface area contributed by atoms with Gasteiger partial charge in [-0.1, -0.05) is 0 Å². The molecule has 0 aliphatic carbocycles. The molecular formula is C21H18N6O4. The molecule has 0 bridgehead atoms. The van der Waals surface area contributed by atoms with Crippen molar-refractivity contribution < 1.29 is 14.2 Å². The van der Waals surface area contributed by atoms with Crippen LogP contribution in [-0.2, 0) is 0 Å². The molecule has 0 aliphatic heterocycles. The highest BCUT2D eigenvalue weighted by atomic mass is 16.5. The third-order valence-electron chi connectivity index (χ3n) is 5.04. The summed E-state index contributed by atoms with van der Waals surface area (Å²) in [7, 11) is 4.64. The summed E-state index contributed by atoms with van der Waals surface area (Å²) in [6, 6.07) is 9.12. The predicted octanol–water partition coefficient (Wildman–Crippen LogP) is 2.68. The minimum atomic E-state index is -0.337. The second kappa shape index (κ2) is 7.17. The van der Waals surface area contributed by atoms with E-state index in [0.717, 1.165) is 10.9 Å². The normalized spacial score (nSPS) is 11.2. The lowest BCUT2D eigenvalue weighted by atomic mass is 10.1. The second-order valence-corrected chi connectivity index (χ2v) is 6.75. The number of hydrogen-bond acceptors (Lipinski definition) is 7. The number of fused-ring (bicyclic) bond motifs is 2. The molecule has 0 saturated carbocycles. The van der Waals surface area contributed by atoms with Crippen LogP contribution in [0, 0.1) is 0 Å². The molecule has 0 unspecified atom stereocenters. The first-order valence-electron chi connectivity index (χ1n) is 9.34. The minimum Gasteiger partial charge on any atom is -0.493 e. The smallest absolute Gasteiger partial charge is 0.333 e. The quantitative estimate of drug-likeness (QED) is 0.450. The predicted molar refractivity (Wildman–Crippen MR) is 114 cm³/mol. The SMILES string of the molecule is COc1cc(-c2cnc3[nH]c(=O)n(-c4ccc5cn[nH]c5c4)c3n2)cc(OC)c1OC. The van der Waals surface area contributed by atoms with Crippen molar-refractivity contribution >= 4 is 22.2 Å². The van der Waals surface area contributed by atoms with Gasteiger partial charge in [0.25, 0.3) is 0 Å². The maximum absolute atomic E-state index is 12.7. The number of aromatic amines is 2. The van der Waals surface area contributed by atoms with Crippen LogP contribution < -0.4 is 19.9 Å². The van der Waals surface area contributed by atoms with E-state index in [0.29, 0.717) is 45.5 Å². The van der Waals surface area contributed by atoms with Gasteiger partial charge in [-0.3, -0.25) is 10.1 Å². The molecule has 2 N–H and O–H groups in total. The van der Waals surface area contributed by atoms with Gasteiger partial charge in [-0.2, -0.15) is 5.10 Å². The van der Waals surface area contributed by atoms with Gasteiger partial charge in [-0.25, -0.2) is 19.3 Å². The lowest BCUT2D eigenvalue weighted by molar-refractivity contribution is 0.324. The van der Waals surface area contributed by atoms with E-state index in [9.17, 15) is 4.79 Å². The van der Waals surface area contributed by atoms with E-state index in [4.69, 9.17) is 19.2 Å². The van der Waals surface area contributed by atoms with Crippen LogP contribution in [-0.4, -0.2) is 51.0 Å². The van der Waals surface area contributed by atoms with Crippen LogP contribution in [0.2, 0.25) is 0 Å². The molecule has 5 aromatic rings. The van der Waals surface area contributed by atoms with Gasteiger partial charge < -0.3 is 14.2 Å². The zero-order chi connectivity index (χ0) is 21.5. The highest BCUT2D eigenvalue weighted by Crippen LogP contribution is 2.40. The molecule has 0 radical (unpaired) electrons. The Bertz CT molecular complexity index is 1460. The van der Waals surface area contributed by atoms with Crippen LogP contribution in [0.5, 0.6) is 17.2 Å². The lowest BCUT2D eigenvalue weighted by Crippen LogP contribution is -2.14. The van der Waals surface area contributed by atoms with Gasteiger partial charge in [0.1, 0.15) is 0 Å². The van der Waals surface area contributed by atoms with Crippen molar-refractivity contribution in [3.8, 4) is 34.2 Å². The molecule has 0 saturated heterocycles. The van der Waals surface area contributed by atoms with Gasteiger partial charge in [0.15, 0.2) is 22.8 Å². The maximum atomic E-state index is 12.7. The van der Waals surface area contributed by atoms with Crippen molar-refractivity contribution in [1.29, 1.82) is 0 Å². The highest BCUT2D eigenvalue weighted by molar-refractivity contribution is 5.81. The van der Waals surface area contributed by atoms with Gasteiger partial charge in [0, 0.05) is 10.9 Å². The van der Waals surface area contributed by atoms with Gasteiger partial charge in [0.05, 0.1) is 50.6 Å². The zero-order valence-corrected chi connectivity index (χ0v) is 17.0. The number of rotatable bonds is 5. The molecule has 156 valence electrons. The standard InChI is InChI=1S/C21H18N6O4/c1-29-16-6-12(7-17(30-2)18(16)31-3)15-10-22-19-20(24-15)27(21(28)25-19)13-5-4-11-9-23-26-14(11)8-13/h4-10H,1-3H3,(H,23,26)(H,22,25,28). The van der Waals surface area contributed by atoms with Gasteiger partial charge >= 0.3 is 5.69 Å². The van der Waals surface area contributed by atoms with Crippen LogP contribution in [0.1, 0.15) is 0 Å². The van der Waals surface area contributed by atoms with Crippen LogP contribution in [0.15, 0.2) is 47.5 Å². The summed E-state index contributed by atoms with van der Waals surface area (Å²) in [6.07, 6.45) is 3.31. The molecule has 31 heavy (non-hydrogen) atoms. The summed E-state index contributed by atoms with van der Waals surface area (Å²) in [6.45, 7) is 0.